The number of carbonyl (C=O) groups excluding carboxylic acids is 1. The van der Waals surface area contributed by atoms with Gasteiger partial charge in [-0.15, -0.1) is 11.3 Å². The summed E-state index contributed by atoms with van der Waals surface area (Å²) < 4.78 is 1.00. The van der Waals surface area contributed by atoms with E-state index >= 15 is 0 Å². The van der Waals surface area contributed by atoms with Crippen LogP contribution in [0.25, 0.3) is 0 Å². The Hall–Kier alpha value is -0.350. The first kappa shape index (κ1) is 11.1. The van der Waals surface area contributed by atoms with Crippen molar-refractivity contribution in [3.05, 3.63) is 20.8 Å². The molecule has 0 aromatic carbocycles. The number of piperidine rings is 1. The second-order valence-corrected chi connectivity index (χ2v) is 5.95. The van der Waals surface area contributed by atoms with E-state index in [0.29, 0.717) is 5.92 Å². The van der Waals surface area contributed by atoms with Crippen LogP contribution in [0.5, 0.6) is 0 Å². The number of hydrogen-bond donors (Lipinski definition) is 0. The molecule has 1 aliphatic heterocycles. The first-order valence-electron chi connectivity index (χ1n) is 5.20. The SMILES string of the molecule is C[C@@H]1CCCN(C(=O)c2cc(Br)cs2)C1. The molecule has 1 saturated heterocycles. The largest absolute Gasteiger partial charge is 0.338 e. The summed E-state index contributed by atoms with van der Waals surface area (Å²) in [5.41, 5.74) is 0. The van der Waals surface area contributed by atoms with Crippen molar-refractivity contribution in [3.8, 4) is 0 Å². The number of likely N-dealkylation sites (tertiary alicyclic amines) is 1. The first-order valence-corrected chi connectivity index (χ1v) is 6.87. The quantitative estimate of drug-likeness (QED) is 0.775. The normalized spacial score (nSPS) is 21.7. The number of thiophene rings is 1. The Kier molecular flexibility index (Phi) is 3.46. The third-order valence-electron chi connectivity index (χ3n) is 2.72. The van der Waals surface area contributed by atoms with Gasteiger partial charge in [0.05, 0.1) is 4.88 Å². The Morgan fingerprint density at radius 3 is 3.07 bits per heavy atom. The zero-order valence-electron chi connectivity index (χ0n) is 8.70. The van der Waals surface area contributed by atoms with E-state index in [-0.39, 0.29) is 5.91 Å². The van der Waals surface area contributed by atoms with E-state index in [0.717, 1.165) is 28.9 Å². The summed E-state index contributed by atoms with van der Waals surface area (Å²) in [7, 11) is 0. The van der Waals surface area contributed by atoms with Crippen LogP contribution in [0.1, 0.15) is 29.4 Å². The maximum atomic E-state index is 12.1. The highest BCUT2D eigenvalue weighted by Crippen LogP contribution is 2.23. The van der Waals surface area contributed by atoms with Gasteiger partial charge in [0.2, 0.25) is 0 Å². The van der Waals surface area contributed by atoms with E-state index in [1.807, 2.05) is 16.3 Å². The summed E-state index contributed by atoms with van der Waals surface area (Å²) in [4.78, 5) is 14.9. The molecule has 0 spiro atoms. The number of rotatable bonds is 1. The summed E-state index contributed by atoms with van der Waals surface area (Å²) in [6.45, 7) is 4.04. The van der Waals surface area contributed by atoms with Gasteiger partial charge in [-0.25, -0.2) is 0 Å². The monoisotopic (exact) mass is 287 g/mol. The molecule has 2 heterocycles. The summed E-state index contributed by atoms with van der Waals surface area (Å²) >= 11 is 4.89. The van der Waals surface area contributed by atoms with Crippen molar-refractivity contribution in [2.24, 2.45) is 5.92 Å². The molecule has 15 heavy (non-hydrogen) atoms. The fraction of sp³-hybridized carbons (Fsp3) is 0.545. The molecule has 4 heteroatoms. The molecule has 2 nitrogen and oxygen atoms in total. The van der Waals surface area contributed by atoms with Gasteiger partial charge in [-0.3, -0.25) is 4.79 Å². The molecule has 0 unspecified atom stereocenters. The van der Waals surface area contributed by atoms with Gasteiger partial charge >= 0.3 is 0 Å². The zero-order chi connectivity index (χ0) is 10.8. The number of halogens is 1. The van der Waals surface area contributed by atoms with Gasteiger partial charge in [0.1, 0.15) is 0 Å². The lowest BCUT2D eigenvalue weighted by Crippen LogP contribution is -2.38. The van der Waals surface area contributed by atoms with E-state index in [4.69, 9.17) is 0 Å². The molecule has 1 atom stereocenters. The van der Waals surface area contributed by atoms with E-state index in [9.17, 15) is 4.79 Å². The molecule has 0 aliphatic carbocycles. The van der Waals surface area contributed by atoms with Gasteiger partial charge in [0.25, 0.3) is 5.91 Å². The second-order valence-electron chi connectivity index (χ2n) is 4.13. The molecule has 0 N–H and O–H groups in total. The Labute approximate surface area is 102 Å². The lowest BCUT2D eigenvalue weighted by molar-refractivity contribution is 0.0688. The molecule has 0 radical (unpaired) electrons. The molecule has 82 valence electrons. The third kappa shape index (κ3) is 2.61. The van der Waals surface area contributed by atoms with Gasteiger partial charge in [-0.2, -0.15) is 0 Å². The highest BCUT2D eigenvalue weighted by atomic mass is 79.9. The highest BCUT2D eigenvalue weighted by Gasteiger charge is 2.22. The zero-order valence-corrected chi connectivity index (χ0v) is 11.1. The number of hydrogen-bond acceptors (Lipinski definition) is 2. The fourth-order valence-electron chi connectivity index (χ4n) is 1.95. The van der Waals surface area contributed by atoms with Gasteiger partial charge in [0, 0.05) is 22.9 Å². The number of carbonyl (C=O) groups is 1. The average Bonchev–Trinajstić information content (AvgIpc) is 2.64. The molecule has 1 amide bonds. The van der Waals surface area contributed by atoms with E-state index in [2.05, 4.69) is 22.9 Å². The van der Waals surface area contributed by atoms with Gasteiger partial charge in [-0.05, 0) is 40.8 Å². The predicted molar refractivity (Wildman–Crippen MR) is 66.3 cm³/mol. The molecule has 1 aromatic rings. The average molecular weight is 288 g/mol. The smallest absolute Gasteiger partial charge is 0.263 e. The summed E-state index contributed by atoms with van der Waals surface area (Å²) in [6, 6.07) is 1.91. The van der Waals surface area contributed by atoms with Crippen molar-refractivity contribution >= 4 is 33.2 Å². The fourth-order valence-corrected chi connectivity index (χ4v) is 3.35. The Morgan fingerprint density at radius 2 is 2.47 bits per heavy atom. The Balaban J connectivity index is 2.07. The second kappa shape index (κ2) is 4.66. The predicted octanol–water partition coefficient (Wildman–Crippen LogP) is 3.38. The van der Waals surface area contributed by atoms with Gasteiger partial charge in [0.15, 0.2) is 0 Å². The minimum Gasteiger partial charge on any atom is -0.338 e. The van der Waals surface area contributed by atoms with Crippen LogP contribution in [0.2, 0.25) is 0 Å². The van der Waals surface area contributed by atoms with Crippen molar-refractivity contribution < 1.29 is 4.79 Å². The van der Waals surface area contributed by atoms with E-state index < -0.39 is 0 Å². The summed E-state index contributed by atoms with van der Waals surface area (Å²) in [6.07, 6.45) is 2.39. The lowest BCUT2D eigenvalue weighted by Gasteiger charge is -2.30. The van der Waals surface area contributed by atoms with Crippen LogP contribution in [0, 0.1) is 5.92 Å². The van der Waals surface area contributed by atoms with E-state index in [1.54, 1.807) is 0 Å². The molecular formula is C11H14BrNOS. The first-order chi connectivity index (χ1) is 7.16. The van der Waals surface area contributed by atoms with E-state index in [1.165, 1.54) is 17.8 Å². The summed E-state index contributed by atoms with van der Waals surface area (Å²) in [5.74, 6) is 0.836. The molecular weight excluding hydrogens is 274 g/mol. The minimum absolute atomic E-state index is 0.192. The Morgan fingerprint density at radius 1 is 1.67 bits per heavy atom. The Bertz CT molecular complexity index is 363. The highest BCUT2D eigenvalue weighted by molar-refractivity contribution is 9.10. The van der Waals surface area contributed by atoms with Crippen LogP contribution in [0.3, 0.4) is 0 Å². The van der Waals surface area contributed by atoms with Crippen molar-refractivity contribution in [1.82, 2.24) is 4.90 Å². The van der Waals surface area contributed by atoms with Crippen molar-refractivity contribution in [3.63, 3.8) is 0 Å². The number of nitrogens with zero attached hydrogens (tertiary/aromatic N) is 1. The number of amides is 1. The van der Waals surface area contributed by atoms with Crippen LogP contribution < -0.4 is 0 Å². The van der Waals surface area contributed by atoms with Gasteiger partial charge in [-0.1, -0.05) is 6.92 Å². The van der Waals surface area contributed by atoms with Crippen molar-refractivity contribution in [2.75, 3.05) is 13.1 Å². The van der Waals surface area contributed by atoms with Gasteiger partial charge < -0.3 is 4.90 Å². The molecule has 0 bridgehead atoms. The van der Waals surface area contributed by atoms with Crippen LogP contribution in [0.4, 0.5) is 0 Å². The molecule has 2 rings (SSSR count). The lowest BCUT2D eigenvalue weighted by atomic mass is 10.0. The van der Waals surface area contributed by atoms with Crippen LogP contribution in [-0.2, 0) is 0 Å². The summed E-state index contributed by atoms with van der Waals surface area (Å²) in [5, 5.41) is 1.96. The maximum Gasteiger partial charge on any atom is 0.263 e. The topological polar surface area (TPSA) is 20.3 Å². The van der Waals surface area contributed by atoms with Crippen molar-refractivity contribution in [2.45, 2.75) is 19.8 Å². The third-order valence-corrected chi connectivity index (χ3v) is 4.40. The van der Waals surface area contributed by atoms with Crippen LogP contribution in [-0.4, -0.2) is 23.9 Å². The van der Waals surface area contributed by atoms with Crippen LogP contribution >= 0.6 is 27.3 Å². The van der Waals surface area contributed by atoms with Crippen molar-refractivity contribution in [1.29, 1.82) is 0 Å². The standard InChI is InChI=1S/C11H14BrNOS/c1-8-3-2-4-13(6-8)11(14)10-5-9(12)7-15-10/h5,7-8H,2-4,6H2,1H3/t8-/m1/s1. The molecule has 1 fully saturated rings. The maximum absolute atomic E-state index is 12.1. The minimum atomic E-state index is 0.192. The molecule has 0 saturated carbocycles. The molecule has 1 aromatic heterocycles. The molecule has 1 aliphatic rings. The van der Waals surface area contributed by atoms with Crippen LogP contribution in [0.15, 0.2) is 15.9 Å².